The Kier molecular flexibility index (Phi) is 8.03. The molecule has 2 unspecified atom stereocenters. The molecule has 4 nitrogen and oxygen atoms in total. The minimum Gasteiger partial charge on any atom is -0.378 e. The van der Waals surface area contributed by atoms with Gasteiger partial charge in [0.05, 0.1) is 30.1 Å². The Bertz CT molecular complexity index is 997. The zero-order valence-corrected chi connectivity index (χ0v) is 20.0. The summed E-state index contributed by atoms with van der Waals surface area (Å²) in [5.41, 5.74) is 7.46. The van der Waals surface area contributed by atoms with Crippen LogP contribution in [0.15, 0.2) is 72.8 Å². The van der Waals surface area contributed by atoms with Crippen LogP contribution in [-0.2, 0) is 15.9 Å². The van der Waals surface area contributed by atoms with Gasteiger partial charge >= 0.3 is 0 Å². The van der Waals surface area contributed by atoms with Gasteiger partial charge in [0, 0.05) is 7.11 Å². The molecule has 2 atom stereocenters. The number of nitrogens with one attached hydrogen (secondary N) is 2. The molecule has 0 spiro atoms. The maximum absolute atomic E-state index is 5.76. The van der Waals surface area contributed by atoms with Crippen LogP contribution < -0.4 is 10.6 Å². The fourth-order valence-corrected chi connectivity index (χ4v) is 4.23. The molecule has 1 saturated carbocycles. The van der Waals surface area contributed by atoms with Gasteiger partial charge in [0.1, 0.15) is 6.79 Å². The zero-order chi connectivity index (χ0) is 23.0. The van der Waals surface area contributed by atoms with Crippen LogP contribution in [0, 0.1) is 19.8 Å². The minimum absolute atomic E-state index is 0.129. The van der Waals surface area contributed by atoms with E-state index in [-0.39, 0.29) is 6.04 Å². The fourth-order valence-electron chi connectivity index (χ4n) is 4.23. The fraction of sp³-hybridized carbons (Fsp3) is 0.379. The van der Waals surface area contributed by atoms with Crippen LogP contribution in [0.3, 0.4) is 0 Å². The van der Waals surface area contributed by atoms with E-state index in [4.69, 9.17) is 9.47 Å². The van der Waals surface area contributed by atoms with Gasteiger partial charge in [-0.1, -0.05) is 71.8 Å². The van der Waals surface area contributed by atoms with E-state index in [1.165, 1.54) is 35.1 Å². The van der Waals surface area contributed by atoms with Crippen molar-refractivity contribution >= 4 is 11.4 Å². The molecule has 0 saturated heterocycles. The van der Waals surface area contributed by atoms with Crippen molar-refractivity contribution in [3.63, 3.8) is 0 Å². The standard InChI is InChI=1S/C29H36N2O2/c1-21-8-12-23(13-9-21)18-26(19-33-20-32-3)30-27-6-4-5-7-28(27)31-29(25-16-17-25)24-14-10-22(2)11-15-24/h4-15,25-26,29-31H,16-20H2,1-3H3. The first kappa shape index (κ1) is 23.3. The Hall–Kier alpha value is -2.82. The lowest BCUT2D eigenvalue weighted by atomic mass is 10.0. The Labute approximate surface area is 198 Å². The van der Waals surface area contributed by atoms with Gasteiger partial charge in [0.25, 0.3) is 0 Å². The summed E-state index contributed by atoms with van der Waals surface area (Å²) in [7, 11) is 1.66. The summed E-state index contributed by atoms with van der Waals surface area (Å²) in [6.45, 7) is 5.12. The van der Waals surface area contributed by atoms with Crippen molar-refractivity contribution in [1.29, 1.82) is 0 Å². The normalized spacial score (nSPS) is 15.1. The van der Waals surface area contributed by atoms with Crippen molar-refractivity contribution in [2.45, 2.75) is 45.2 Å². The van der Waals surface area contributed by atoms with E-state index in [2.05, 4.69) is 97.3 Å². The van der Waals surface area contributed by atoms with E-state index >= 15 is 0 Å². The number of hydrogen-bond acceptors (Lipinski definition) is 4. The first-order valence-electron chi connectivity index (χ1n) is 11.9. The lowest BCUT2D eigenvalue weighted by Crippen LogP contribution is -2.29. The summed E-state index contributed by atoms with van der Waals surface area (Å²) in [6.07, 6.45) is 3.44. The molecule has 0 aliphatic heterocycles. The molecule has 174 valence electrons. The first-order chi connectivity index (χ1) is 16.1. The largest absolute Gasteiger partial charge is 0.378 e. The monoisotopic (exact) mass is 444 g/mol. The van der Waals surface area contributed by atoms with Gasteiger partial charge in [-0.2, -0.15) is 0 Å². The van der Waals surface area contributed by atoms with Gasteiger partial charge in [-0.3, -0.25) is 0 Å². The number of anilines is 2. The molecular weight excluding hydrogens is 408 g/mol. The number of benzene rings is 3. The van der Waals surface area contributed by atoms with Crippen LogP contribution in [0.1, 0.15) is 41.1 Å². The minimum atomic E-state index is 0.129. The summed E-state index contributed by atoms with van der Waals surface area (Å²) in [5.74, 6) is 0.689. The SMILES string of the molecule is COCOCC(Cc1ccc(C)cc1)Nc1ccccc1NC(c1ccc(C)cc1)C1CC1. The molecule has 4 rings (SSSR count). The lowest BCUT2D eigenvalue weighted by Gasteiger charge is -2.26. The highest BCUT2D eigenvalue weighted by Gasteiger charge is 2.32. The van der Waals surface area contributed by atoms with E-state index in [0.717, 1.165) is 17.8 Å². The average molecular weight is 445 g/mol. The third-order valence-electron chi connectivity index (χ3n) is 6.25. The van der Waals surface area contributed by atoms with E-state index in [1.807, 2.05) is 0 Å². The molecule has 33 heavy (non-hydrogen) atoms. The second-order valence-electron chi connectivity index (χ2n) is 9.22. The van der Waals surface area contributed by atoms with Gasteiger partial charge in [-0.25, -0.2) is 0 Å². The Morgan fingerprint density at radius 3 is 2.03 bits per heavy atom. The molecule has 3 aromatic rings. The smallest absolute Gasteiger partial charge is 0.146 e. The third-order valence-corrected chi connectivity index (χ3v) is 6.25. The summed E-state index contributed by atoms with van der Waals surface area (Å²) in [6, 6.07) is 26.6. The van der Waals surface area contributed by atoms with Crippen molar-refractivity contribution in [2.24, 2.45) is 5.92 Å². The second kappa shape index (κ2) is 11.4. The molecule has 1 aliphatic rings. The first-order valence-corrected chi connectivity index (χ1v) is 11.9. The highest BCUT2D eigenvalue weighted by molar-refractivity contribution is 5.69. The van der Waals surface area contributed by atoms with Gasteiger partial charge in [-0.15, -0.1) is 0 Å². The maximum atomic E-state index is 5.76. The number of hydrogen-bond donors (Lipinski definition) is 2. The topological polar surface area (TPSA) is 42.5 Å². The Balaban J connectivity index is 1.51. The Morgan fingerprint density at radius 2 is 1.42 bits per heavy atom. The zero-order valence-electron chi connectivity index (χ0n) is 20.0. The number of rotatable bonds is 12. The van der Waals surface area contributed by atoms with Gasteiger partial charge in [-0.05, 0) is 62.3 Å². The summed E-state index contributed by atoms with van der Waals surface area (Å²) < 4.78 is 10.9. The number of para-hydroxylation sites is 2. The predicted molar refractivity (Wildman–Crippen MR) is 137 cm³/mol. The van der Waals surface area contributed by atoms with E-state index in [1.54, 1.807) is 7.11 Å². The van der Waals surface area contributed by atoms with Crippen LogP contribution in [0.25, 0.3) is 0 Å². The van der Waals surface area contributed by atoms with Gasteiger partial charge < -0.3 is 20.1 Å². The van der Waals surface area contributed by atoms with Crippen LogP contribution in [0.4, 0.5) is 11.4 Å². The third kappa shape index (κ3) is 6.83. The molecule has 0 aromatic heterocycles. The van der Waals surface area contributed by atoms with Crippen LogP contribution in [0.5, 0.6) is 0 Å². The molecule has 3 aromatic carbocycles. The molecule has 1 aliphatic carbocycles. The van der Waals surface area contributed by atoms with Crippen LogP contribution in [-0.4, -0.2) is 26.6 Å². The van der Waals surface area contributed by atoms with Gasteiger partial charge in [0.2, 0.25) is 0 Å². The highest BCUT2D eigenvalue weighted by Crippen LogP contribution is 2.43. The summed E-state index contributed by atoms with van der Waals surface area (Å²) in [4.78, 5) is 0. The molecule has 4 heteroatoms. The van der Waals surface area contributed by atoms with Crippen LogP contribution >= 0.6 is 0 Å². The predicted octanol–water partition coefficient (Wildman–Crippen LogP) is 6.51. The van der Waals surface area contributed by atoms with Crippen molar-refractivity contribution in [3.05, 3.63) is 95.1 Å². The number of methoxy groups -OCH3 is 1. The summed E-state index contributed by atoms with van der Waals surface area (Å²) >= 11 is 0. The molecular formula is C29H36N2O2. The summed E-state index contributed by atoms with van der Waals surface area (Å²) in [5, 5.41) is 7.61. The van der Waals surface area contributed by atoms with E-state index < -0.39 is 0 Å². The van der Waals surface area contributed by atoms with Crippen molar-refractivity contribution in [2.75, 3.05) is 31.1 Å². The van der Waals surface area contributed by atoms with Crippen LogP contribution in [0.2, 0.25) is 0 Å². The average Bonchev–Trinajstić information content (AvgIpc) is 3.66. The lowest BCUT2D eigenvalue weighted by molar-refractivity contribution is -0.0334. The second-order valence-corrected chi connectivity index (χ2v) is 9.22. The van der Waals surface area contributed by atoms with E-state index in [0.29, 0.717) is 25.4 Å². The molecule has 2 N–H and O–H groups in total. The molecule has 0 radical (unpaired) electrons. The van der Waals surface area contributed by atoms with Crippen molar-refractivity contribution in [3.8, 4) is 0 Å². The highest BCUT2D eigenvalue weighted by atomic mass is 16.7. The Morgan fingerprint density at radius 1 is 0.818 bits per heavy atom. The molecule has 0 heterocycles. The molecule has 1 fully saturated rings. The van der Waals surface area contributed by atoms with Crippen molar-refractivity contribution < 1.29 is 9.47 Å². The quantitative estimate of drug-likeness (QED) is 0.247. The van der Waals surface area contributed by atoms with Crippen molar-refractivity contribution in [1.82, 2.24) is 0 Å². The number of ether oxygens (including phenoxy) is 2. The number of aryl methyl sites for hydroxylation is 2. The molecule has 0 amide bonds. The maximum Gasteiger partial charge on any atom is 0.146 e. The molecule has 0 bridgehead atoms. The van der Waals surface area contributed by atoms with Gasteiger partial charge in [0.15, 0.2) is 0 Å². The van der Waals surface area contributed by atoms with E-state index in [9.17, 15) is 0 Å².